The molecule has 0 saturated carbocycles. The van der Waals surface area contributed by atoms with Crippen molar-refractivity contribution in [2.45, 2.75) is 26.2 Å². The molecule has 5 heteroatoms. The predicted molar refractivity (Wildman–Crippen MR) is 107 cm³/mol. The first-order valence-electron chi connectivity index (χ1n) is 8.55. The molecule has 2 aromatic carbocycles. The Bertz CT molecular complexity index is 689. The maximum atomic E-state index is 11.7. The van der Waals surface area contributed by atoms with Crippen LogP contribution in [-0.4, -0.2) is 24.2 Å². The summed E-state index contributed by atoms with van der Waals surface area (Å²) in [5.41, 5.74) is 3.04. The first-order valence-corrected chi connectivity index (χ1v) is 8.96. The second-order valence-corrected chi connectivity index (χ2v) is 6.06. The van der Waals surface area contributed by atoms with Gasteiger partial charge in [-0.25, -0.2) is 0 Å². The van der Waals surface area contributed by atoms with E-state index in [2.05, 4.69) is 17.6 Å². The minimum atomic E-state index is -0.295. The van der Waals surface area contributed by atoms with Gasteiger partial charge in [0.05, 0.1) is 6.61 Å². The van der Waals surface area contributed by atoms with Crippen LogP contribution in [0.1, 0.15) is 26.2 Å². The van der Waals surface area contributed by atoms with E-state index < -0.39 is 0 Å². The van der Waals surface area contributed by atoms with Crippen LogP contribution in [0.5, 0.6) is 0 Å². The van der Waals surface area contributed by atoms with Gasteiger partial charge in [-0.05, 0) is 30.3 Å². The van der Waals surface area contributed by atoms with E-state index in [1.54, 1.807) is 0 Å². The fourth-order valence-corrected chi connectivity index (χ4v) is 2.55. The molecule has 0 unspecified atom stereocenters. The van der Waals surface area contributed by atoms with Gasteiger partial charge in [0.25, 0.3) is 0 Å². The van der Waals surface area contributed by atoms with Crippen molar-refractivity contribution in [1.29, 1.82) is 0 Å². The van der Waals surface area contributed by atoms with Crippen LogP contribution in [0.2, 0.25) is 0 Å². The molecule has 0 amide bonds. The van der Waals surface area contributed by atoms with Crippen LogP contribution >= 0.6 is 12.2 Å². The highest BCUT2D eigenvalue weighted by Crippen LogP contribution is 2.27. The zero-order chi connectivity index (χ0) is 17.9. The molecule has 4 nitrogen and oxygen atoms in total. The fourth-order valence-electron chi connectivity index (χ4n) is 2.37. The van der Waals surface area contributed by atoms with E-state index in [1.165, 1.54) is 0 Å². The number of carbonyl (C=O) groups is 1. The van der Waals surface area contributed by atoms with Gasteiger partial charge in [-0.15, -0.1) is 0 Å². The highest BCUT2D eigenvalue weighted by atomic mass is 32.1. The zero-order valence-corrected chi connectivity index (χ0v) is 15.3. The molecule has 0 atom stereocenters. The van der Waals surface area contributed by atoms with Crippen molar-refractivity contribution < 1.29 is 9.53 Å². The molecule has 0 aliphatic rings. The van der Waals surface area contributed by atoms with Crippen molar-refractivity contribution in [1.82, 2.24) is 5.32 Å². The van der Waals surface area contributed by atoms with Crippen molar-refractivity contribution in [3.63, 3.8) is 0 Å². The second-order valence-electron chi connectivity index (χ2n) is 5.65. The Morgan fingerprint density at radius 2 is 1.76 bits per heavy atom. The molecular weight excluding hydrogens is 332 g/mol. The van der Waals surface area contributed by atoms with Gasteiger partial charge in [0.15, 0.2) is 5.11 Å². The molecule has 0 radical (unpaired) electrons. The number of hydrogen-bond donors (Lipinski definition) is 2. The average molecular weight is 356 g/mol. The van der Waals surface area contributed by atoms with Crippen LogP contribution < -0.4 is 10.6 Å². The SMILES string of the molecule is CCCCCOC(=O)CNC(=S)Nc1ccccc1-c1ccccc1. The summed E-state index contributed by atoms with van der Waals surface area (Å²) in [6.45, 7) is 2.64. The molecule has 132 valence electrons. The number of hydrogen-bond acceptors (Lipinski definition) is 3. The molecule has 0 fully saturated rings. The number of rotatable bonds is 8. The standard InChI is InChI=1S/C20H24N2O2S/c1-2-3-9-14-24-19(23)15-21-20(25)22-18-13-8-7-12-17(18)16-10-5-4-6-11-16/h4-8,10-13H,2-3,9,14-15H2,1H3,(H2,21,22,25). The maximum Gasteiger partial charge on any atom is 0.325 e. The Hall–Kier alpha value is -2.40. The predicted octanol–water partition coefficient (Wildman–Crippen LogP) is 4.37. The molecule has 0 aromatic heterocycles. The van der Waals surface area contributed by atoms with Gasteiger partial charge in [0.2, 0.25) is 0 Å². The van der Waals surface area contributed by atoms with E-state index in [1.807, 2.05) is 54.6 Å². The topological polar surface area (TPSA) is 50.4 Å². The van der Waals surface area contributed by atoms with Crippen LogP contribution in [0.3, 0.4) is 0 Å². The van der Waals surface area contributed by atoms with Crippen LogP contribution in [0.4, 0.5) is 5.69 Å². The molecule has 0 aliphatic heterocycles. The first-order chi connectivity index (χ1) is 12.2. The first kappa shape index (κ1) is 18.9. The van der Waals surface area contributed by atoms with Crippen molar-refractivity contribution in [2.24, 2.45) is 0 Å². The third-order valence-corrected chi connectivity index (χ3v) is 3.91. The van der Waals surface area contributed by atoms with Gasteiger partial charge in [-0.2, -0.15) is 0 Å². The number of thiocarbonyl (C=S) groups is 1. The van der Waals surface area contributed by atoms with Gasteiger partial charge >= 0.3 is 5.97 Å². The van der Waals surface area contributed by atoms with Crippen LogP contribution in [-0.2, 0) is 9.53 Å². The number of carbonyl (C=O) groups excluding carboxylic acids is 1. The zero-order valence-electron chi connectivity index (χ0n) is 14.5. The number of unbranched alkanes of at least 4 members (excludes halogenated alkanes) is 2. The summed E-state index contributed by atoms with van der Waals surface area (Å²) < 4.78 is 5.15. The highest BCUT2D eigenvalue weighted by molar-refractivity contribution is 7.80. The third kappa shape index (κ3) is 6.55. The Morgan fingerprint density at radius 1 is 1.04 bits per heavy atom. The van der Waals surface area contributed by atoms with E-state index in [4.69, 9.17) is 17.0 Å². The maximum absolute atomic E-state index is 11.7. The summed E-state index contributed by atoms with van der Waals surface area (Å²) in [6, 6.07) is 18.0. The molecule has 0 heterocycles. The van der Waals surface area contributed by atoms with Gasteiger partial charge in [0.1, 0.15) is 6.54 Å². The smallest absolute Gasteiger partial charge is 0.325 e. The Kier molecular flexibility index (Phi) is 7.92. The lowest BCUT2D eigenvalue weighted by Crippen LogP contribution is -2.34. The fraction of sp³-hybridized carbons (Fsp3) is 0.300. The van der Waals surface area contributed by atoms with E-state index in [-0.39, 0.29) is 12.5 Å². The van der Waals surface area contributed by atoms with Gasteiger partial charge in [-0.1, -0.05) is 68.3 Å². The molecule has 0 bridgehead atoms. The number of anilines is 1. The molecular formula is C20H24N2O2S. The minimum Gasteiger partial charge on any atom is -0.464 e. The summed E-state index contributed by atoms with van der Waals surface area (Å²) >= 11 is 5.29. The highest BCUT2D eigenvalue weighted by Gasteiger charge is 2.07. The minimum absolute atomic E-state index is 0.0610. The van der Waals surface area contributed by atoms with E-state index in [0.717, 1.165) is 36.1 Å². The van der Waals surface area contributed by atoms with Crippen LogP contribution in [0.15, 0.2) is 54.6 Å². The van der Waals surface area contributed by atoms with Crippen LogP contribution in [0.25, 0.3) is 11.1 Å². The summed E-state index contributed by atoms with van der Waals surface area (Å²) in [5.74, 6) is -0.295. The third-order valence-electron chi connectivity index (χ3n) is 3.66. The molecule has 0 spiro atoms. The van der Waals surface area contributed by atoms with Gasteiger partial charge in [-0.3, -0.25) is 4.79 Å². The molecule has 2 aromatic rings. The lowest BCUT2D eigenvalue weighted by Gasteiger charge is -2.14. The molecule has 25 heavy (non-hydrogen) atoms. The van der Waals surface area contributed by atoms with Crippen LogP contribution in [0, 0.1) is 0 Å². The number of esters is 1. The number of nitrogens with one attached hydrogen (secondary N) is 2. The molecule has 0 saturated heterocycles. The number of para-hydroxylation sites is 1. The van der Waals surface area contributed by atoms with Crippen molar-refractivity contribution >= 4 is 29.0 Å². The quantitative estimate of drug-likeness (QED) is 0.418. The average Bonchev–Trinajstić information content (AvgIpc) is 2.65. The molecule has 0 aliphatic carbocycles. The number of benzene rings is 2. The largest absolute Gasteiger partial charge is 0.464 e. The summed E-state index contributed by atoms with van der Waals surface area (Å²) in [6.07, 6.45) is 3.07. The Morgan fingerprint density at radius 3 is 2.52 bits per heavy atom. The Labute approximate surface area is 154 Å². The molecule has 2 N–H and O–H groups in total. The van der Waals surface area contributed by atoms with Crippen molar-refractivity contribution in [3.05, 3.63) is 54.6 Å². The second kappa shape index (κ2) is 10.5. The lowest BCUT2D eigenvalue weighted by molar-refractivity contribution is -0.142. The summed E-state index contributed by atoms with van der Waals surface area (Å²) in [7, 11) is 0. The summed E-state index contributed by atoms with van der Waals surface area (Å²) in [4.78, 5) is 11.7. The normalized spacial score (nSPS) is 10.1. The molecule has 2 rings (SSSR count). The van der Waals surface area contributed by atoms with Gasteiger partial charge in [0, 0.05) is 11.3 Å². The summed E-state index contributed by atoms with van der Waals surface area (Å²) in [5, 5.41) is 6.45. The van der Waals surface area contributed by atoms with Crippen molar-refractivity contribution in [2.75, 3.05) is 18.5 Å². The van der Waals surface area contributed by atoms with E-state index in [9.17, 15) is 4.79 Å². The van der Waals surface area contributed by atoms with E-state index >= 15 is 0 Å². The van der Waals surface area contributed by atoms with Crippen molar-refractivity contribution in [3.8, 4) is 11.1 Å². The van der Waals surface area contributed by atoms with E-state index in [0.29, 0.717) is 11.7 Å². The van der Waals surface area contributed by atoms with Gasteiger partial charge < -0.3 is 15.4 Å². The number of ether oxygens (including phenoxy) is 1. The Balaban J connectivity index is 1.86. The monoisotopic (exact) mass is 356 g/mol. The lowest BCUT2D eigenvalue weighted by atomic mass is 10.0.